The van der Waals surface area contributed by atoms with Gasteiger partial charge in [0, 0.05) is 111 Å². The molecule has 14 unspecified atom stereocenters. The number of imidazole rings is 2. The Morgan fingerprint density at radius 2 is 0.611 bits per heavy atom. The highest BCUT2D eigenvalue weighted by Crippen LogP contribution is 2.57. The molecule has 16 rings (SSSR count). The van der Waals surface area contributed by atoms with Gasteiger partial charge in [-0.05, 0) is 41.0 Å². The van der Waals surface area contributed by atoms with Crippen molar-refractivity contribution in [2.45, 2.75) is 222 Å². The average molecular weight is 2280 g/mol. The van der Waals surface area contributed by atoms with E-state index in [4.69, 9.17) is 203 Å². The minimum Gasteiger partial charge on any atom is -0.780 e. The fraction of sp³-hybridized carbons (Fsp3) is 0.583. The summed E-state index contributed by atoms with van der Waals surface area (Å²) >= 11 is 38.0. The molecule has 0 aromatic carbocycles. The second-order valence-corrected chi connectivity index (χ2v) is 52.7. The van der Waals surface area contributed by atoms with E-state index in [0.29, 0.717) is 17.5 Å². The third-order valence-electron chi connectivity index (χ3n) is 23.9. The van der Waals surface area contributed by atoms with Crippen LogP contribution in [0, 0.1) is 34.6 Å². The first kappa shape index (κ1) is 110. The predicted octanol–water partition coefficient (Wildman–Crippen LogP) is -2.27. The Labute approximate surface area is 846 Å². The fourth-order valence-electron chi connectivity index (χ4n) is 16.6. The van der Waals surface area contributed by atoms with E-state index in [2.05, 4.69) is 54.8 Å². The number of nitrogen functional groups attached to an aromatic ring is 4. The molecule has 9 aromatic rings. The molecule has 72 heteroatoms. The third-order valence-corrected chi connectivity index (χ3v) is 34.9. The zero-order valence-electron chi connectivity index (χ0n) is 75.9. The molecule has 9 aromatic heterocycles. The Balaban J connectivity index is 0.607. The van der Waals surface area contributed by atoms with E-state index in [1.807, 2.05) is 0 Å². The molecule has 11 N–H and O–H groups in total. The summed E-state index contributed by atoms with van der Waals surface area (Å²) in [6.45, 7) is -29.6. The number of nitrogens with one attached hydrogen (secondary N) is 3. The number of hydrogen-bond acceptors (Lipinski definition) is 55. The number of hydrogen-bond donors (Lipinski definition) is 7. The lowest BCUT2D eigenvalue weighted by atomic mass is 10.1. The second-order valence-electron chi connectivity index (χ2n) is 33.7. The summed E-state index contributed by atoms with van der Waals surface area (Å²) in [4.78, 5) is 230. The monoisotopic (exact) mass is 2280 g/mol. The van der Waals surface area contributed by atoms with Gasteiger partial charge in [0.25, 0.3) is 16.7 Å². The summed E-state index contributed by atoms with van der Waals surface area (Å²) in [5.41, 5.74) is 18.9. The average Bonchev–Trinajstić information content (AvgIpc) is 1.62. The van der Waals surface area contributed by atoms with Crippen molar-refractivity contribution in [2.75, 3.05) is 69.7 Å². The zero-order valence-corrected chi connectivity index (χ0v) is 87.9. The van der Waals surface area contributed by atoms with Crippen LogP contribution in [-0.4, -0.2) is 219 Å². The van der Waals surface area contributed by atoms with Crippen LogP contribution in [-0.2, 0) is 184 Å². The van der Waals surface area contributed by atoms with E-state index in [1.165, 1.54) is 79.0 Å². The minimum absolute atomic E-state index is 0.00495. The van der Waals surface area contributed by atoms with Crippen LogP contribution in [0.3, 0.4) is 0 Å². The largest absolute Gasteiger partial charge is 0.780 e. The van der Waals surface area contributed by atoms with Crippen LogP contribution in [0.15, 0.2) is 94.6 Å². The molecule has 0 saturated carbocycles. The van der Waals surface area contributed by atoms with Crippen molar-refractivity contribution in [3.63, 3.8) is 0 Å². The second kappa shape index (κ2) is 44.4. The molecular formula is C72H90N22O36P7S7-7. The molecule has 28 atom stereocenters. The predicted molar refractivity (Wildman–Crippen MR) is 510 cm³/mol. The van der Waals surface area contributed by atoms with Gasteiger partial charge in [-0.3, -0.25) is 65.9 Å². The van der Waals surface area contributed by atoms with Crippen molar-refractivity contribution < 1.29 is 130 Å². The van der Waals surface area contributed by atoms with Gasteiger partial charge in [-0.1, -0.05) is 77.8 Å². The van der Waals surface area contributed by atoms with Crippen LogP contribution in [0.2, 0.25) is 0 Å². The van der Waals surface area contributed by atoms with E-state index < -0.39 is 280 Å². The van der Waals surface area contributed by atoms with Crippen molar-refractivity contribution in [3.05, 3.63) is 168 Å². The van der Waals surface area contributed by atoms with Crippen molar-refractivity contribution in [1.29, 1.82) is 0 Å². The van der Waals surface area contributed by atoms with Gasteiger partial charge in [0.05, 0.1) is 101 Å². The van der Waals surface area contributed by atoms with Crippen LogP contribution >= 0.6 is 47.1 Å². The maximum absolute atomic E-state index is 15.0. The summed E-state index contributed by atoms with van der Waals surface area (Å²) in [7, 11) is 1.01. The van der Waals surface area contributed by atoms with E-state index in [0.717, 1.165) is 44.1 Å². The molecule has 7 aliphatic rings. The van der Waals surface area contributed by atoms with Crippen LogP contribution < -0.4 is 97.4 Å². The highest BCUT2D eigenvalue weighted by molar-refractivity contribution is 8.32. The van der Waals surface area contributed by atoms with Gasteiger partial charge in [0.2, 0.25) is 0 Å². The maximum Gasteiger partial charge on any atom is 0.351 e. The first-order valence-electron chi connectivity index (χ1n) is 43.3. The molecule has 0 bridgehead atoms. The SMILES string of the molecule is CC[C@H]1O[C@@H](n2cc(C)c(N)nc2=O)CC1OP([O-])(=S)OC[C@H]1O[C@@H](n2cnc3c(N)ncnc32)CC1OP(=O)([S-])OC[C@H]1O[C@@H](n2cc(C)c(N)nc2=O)CC1OP([O-])(=S)OC[C@H]1O[C@@H](n2cnc3c(N)ncnc32)CC1OP([O-])(=S)OC[C@H]1O[C@@H](n2cc(C)c(=O)[nH]c2=O)CC1OP([O-])(=S)OC[C@H]1O[C@@H](n2cc(C)c(=O)[nH]c2=O)CC1OP([O-])(=S)OC[C@H]1O[C@@H](n2cc(C)c(=O)[nH]c2=O)CC1OP([O-])(=S)OC. The highest BCUT2D eigenvalue weighted by Gasteiger charge is 2.49. The van der Waals surface area contributed by atoms with E-state index >= 15 is 4.89 Å². The molecule has 0 radical (unpaired) electrons. The van der Waals surface area contributed by atoms with Crippen LogP contribution in [0.1, 0.15) is 130 Å². The number of fused-ring (bicyclic) bond motifs is 2. The summed E-state index contributed by atoms with van der Waals surface area (Å²) in [6, 6.07) is 0. The van der Waals surface area contributed by atoms with E-state index in [-0.39, 0.29) is 88.0 Å². The highest BCUT2D eigenvalue weighted by atomic mass is 32.7. The fourth-order valence-corrected chi connectivity index (χ4v) is 26.4. The molecule has 7 fully saturated rings. The molecule has 788 valence electrons. The van der Waals surface area contributed by atoms with Crippen LogP contribution in [0.5, 0.6) is 0 Å². The summed E-state index contributed by atoms with van der Waals surface area (Å²) in [5, 5.41) is 0. The Kier molecular flexibility index (Phi) is 34.0. The zero-order chi connectivity index (χ0) is 104. The Morgan fingerprint density at radius 3 is 0.903 bits per heavy atom. The summed E-state index contributed by atoms with van der Waals surface area (Å²) in [5.74, 6) is -0.158. The van der Waals surface area contributed by atoms with Crippen molar-refractivity contribution in [2.24, 2.45) is 0 Å². The number of aromatic amines is 3. The molecule has 7 aliphatic heterocycles. The molecule has 0 spiro atoms. The Morgan fingerprint density at radius 1 is 0.361 bits per heavy atom. The number of rotatable bonds is 41. The number of ether oxygens (including phenoxy) is 7. The molecule has 144 heavy (non-hydrogen) atoms. The molecular weight excluding hydrogens is 2190 g/mol. The van der Waals surface area contributed by atoms with Gasteiger partial charge in [-0.15, -0.1) is 0 Å². The van der Waals surface area contributed by atoms with Gasteiger partial charge < -0.3 is 161 Å². The first-order valence-corrected chi connectivity index (χ1v) is 61.2. The quantitative estimate of drug-likeness (QED) is 0.0157. The smallest absolute Gasteiger partial charge is 0.351 e. The van der Waals surface area contributed by atoms with Crippen LogP contribution in [0.4, 0.5) is 23.3 Å². The van der Waals surface area contributed by atoms with E-state index in [1.54, 1.807) is 13.8 Å². The number of nitrogens with zero attached hydrogens (tertiary/aromatic N) is 15. The number of H-pyrrole nitrogens is 3. The lowest BCUT2D eigenvalue weighted by molar-refractivity contribution is -0.221. The van der Waals surface area contributed by atoms with Gasteiger partial charge in [0.15, 0.2) is 29.7 Å². The number of nitrogens with two attached hydrogens (primary N) is 4. The number of aryl methyl sites for hydroxylation is 5. The van der Waals surface area contributed by atoms with Crippen molar-refractivity contribution in [1.82, 2.24) is 86.8 Å². The maximum atomic E-state index is 15.0. The van der Waals surface area contributed by atoms with Crippen LogP contribution in [0.25, 0.3) is 22.3 Å². The molecule has 58 nitrogen and oxygen atoms in total. The minimum atomic E-state index is -5.03. The Bertz CT molecular complexity index is 7250. The first-order chi connectivity index (χ1) is 67.8. The molecule has 0 aliphatic carbocycles. The van der Waals surface area contributed by atoms with Gasteiger partial charge in [0.1, 0.15) is 156 Å². The molecule has 7 saturated heterocycles. The van der Waals surface area contributed by atoms with Gasteiger partial charge in [-0.25, -0.2) is 53.9 Å². The molecule has 0 amide bonds. The van der Waals surface area contributed by atoms with Gasteiger partial charge >= 0.3 is 28.4 Å². The number of aromatic nitrogens is 18. The molecule has 16 heterocycles. The van der Waals surface area contributed by atoms with Gasteiger partial charge in [-0.2, -0.15) is 9.97 Å². The summed E-state index contributed by atoms with van der Waals surface area (Å²) in [6.07, 6.45) is -19.2. The standard InChI is InChI=1S/C72H97N22O36P7S7/c1-8-36-37(9-50(117-36)88-16-31(2)59(73)83-68(88)98)125-132(104,139)111-25-48-42(14-55(122-48)93-29-81-57-61(75)77-27-79-63(57)93)129-136(108,143)114-22-45-39(11-51(119-45)89-17-32(3)60(74)84-69(89)99)126-135(107,142)116-26-49-43(15-56(123-49)94-30-82-58-62(76)78-28-80-64(58)94)130-137(109,144)115-24-47-41(13-54(121-47)92-20-35(6)67(97)87-72(92)102)128-134(106,141)113-23-46-40(12-53(120-46)91-19-34(5)66(96)86-71(91)101)127-133(105,140)112-21-44-38(124-131(103,138)110-7)10-52(118-44)90-18-33(4)65(95)85-70(90)100/h16-20,27-30,36-56H,8-15,21-26H2,1-7H3,(H,103,138)(H,104,139)(H,105,140)(H,106,141)(H,107,142)(H,108,143)(H,109,144)(H2,73,83,98)(H2,74,84,99)(H2,75,77,79)(H2,76,78,80)(H,85,95,100)(H,86,96,101)(H,87,97,102)/p-7/t36-,37?,38?,39?,40?,41?,42?,43?,44-,45-,46-,47-,48-,49-,50-,51-,52-,53-,54-,55-,56-,131?,132?,133?,134?,135?,136?,137?/m1/s1. The Hall–Kier alpha value is -6.50. The van der Waals surface area contributed by atoms with Crippen molar-refractivity contribution in [3.8, 4) is 0 Å². The van der Waals surface area contributed by atoms with Crippen molar-refractivity contribution >= 4 is 176 Å². The summed E-state index contributed by atoms with van der Waals surface area (Å²) < 4.78 is 148. The van der Waals surface area contributed by atoms with E-state index in [9.17, 15) is 67.4 Å². The third kappa shape index (κ3) is 25.9. The lowest BCUT2D eigenvalue weighted by Gasteiger charge is -2.36. The normalized spacial score (nSPS) is 29.7. The topological polar surface area (TPSA) is 775 Å². The lowest BCUT2D eigenvalue weighted by Crippen LogP contribution is -2.35. The number of anilines is 4.